The fourth-order valence-electron chi connectivity index (χ4n) is 2.40. The van der Waals surface area contributed by atoms with Gasteiger partial charge in [0.25, 0.3) is 0 Å². The first kappa shape index (κ1) is 11.0. The van der Waals surface area contributed by atoms with E-state index in [4.69, 9.17) is 0 Å². The average molecular weight is 252 g/mol. The highest BCUT2D eigenvalue weighted by atomic mass is 32.1. The number of rotatable bonds is 3. The fourth-order valence-corrected chi connectivity index (χ4v) is 3.53. The minimum atomic E-state index is -0.734. The van der Waals surface area contributed by atoms with E-state index in [-0.39, 0.29) is 5.92 Å². The number of aryl methyl sites for hydroxylation is 1. The molecule has 2 aliphatic carbocycles. The molecule has 2 N–H and O–H groups in total. The molecule has 1 heterocycles. The number of carboxylic acid groups (broad SMARTS) is 1. The van der Waals surface area contributed by atoms with Crippen molar-refractivity contribution in [3.05, 3.63) is 10.6 Å². The average Bonchev–Trinajstić information content (AvgIpc) is 2.82. The maximum absolute atomic E-state index is 11.2. The van der Waals surface area contributed by atoms with E-state index in [0.29, 0.717) is 6.04 Å². The van der Waals surface area contributed by atoms with Gasteiger partial charge in [0.15, 0.2) is 5.13 Å². The minimum Gasteiger partial charge on any atom is -0.481 e. The number of fused-ring (bicyclic) bond motifs is 1. The smallest absolute Gasteiger partial charge is 0.312 e. The third-order valence-electron chi connectivity index (χ3n) is 3.67. The number of anilines is 1. The summed E-state index contributed by atoms with van der Waals surface area (Å²) in [6.07, 6.45) is 3.88. The van der Waals surface area contributed by atoms with Gasteiger partial charge in [0.1, 0.15) is 5.92 Å². The van der Waals surface area contributed by atoms with Gasteiger partial charge in [0.2, 0.25) is 0 Å². The zero-order valence-electron chi connectivity index (χ0n) is 9.77. The van der Waals surface area contributed by atoms with E-state index in [2.05, 4.69) is 17.2 Å². The lowest BCUT2D eigenvalue weighted by molar-refractivity contribution is -0.139. The number of carboxylic acids is 1. The predicted octanol–water partition coefficient (Wildman–Crippen LogP) is 2.47. The molecular weight excluding hydrogens is 236 g/mol. The van der Waals surface area contributed by atoms with Gasteiger partial charge in [-0.25, -0.2) is 4.98 Å². The van der Waals surface area contributed by atoms with Crippen molar-refractivity contribution in [2.45, 2.75) is 44.6 Å². The van der Waals surface area contributed by atoms with Gasteiger partial charge in [0, 0.05) is 10.9 Å². The Labute approximate surface area is 104 Å². The first-order valence-electron chi connectivity index (χ1n) is 6.14. The van der Waals surface area contributed by atoms with Crippen LogP contribution in [0.3, 0.4) is 0 Å². The van der Waals surface area contributed by atoms with Gasteiger partial charge in [-0.2, -0.15) is 0 Å². The van der Waals surface area contributed by atoms with Crippen LogP contribution < -0.4 is 5.32 Å². The Morgan fingerprint density at radius 2 is 2.35 bits per heavy atom. The number of aromatic nitrogens is 1. The Morgan fingerprint density at radius 1 is 1.59 bits per heavy atom. The maximum atomic E-state index is 11.2. The van der Waals surface area contributed by atoms with Crippen molar-refractivity contribution in [1.82, 2.24) is 4.98 Å². The van der Waals surface area contributed by atoms with Crippen LogP contribution >= 0.6 is 11.3 Å². The van der Waals surface area contributed by atoms with Crippen LogP contribution in [0.15, 0.2) is 0 Å². The van der Waals surface area contributed by atoms with Crippen LogP contribution in [0.5, 0.6) is 0 Å². The Kier molecular flexibility index (Phi) is 2.58. The molecule has 0 saturated heterocycles. The molecule has 3 atom stereocenters. The molecule has 1 aromatic rings. The van der Waals surface area contributed by atoms with Crippen molar-refractivity contribution in [3.8, 4) is 0 Å². The highest BCUT2D eigenvalue weighted by Gasteiger charge is 2.35. The van der Waals surface area contributed by atoms with Gasteiger partial charge in [-0.05, 0) is 31.6 Å². The van der Waals surface area contributed by atoms with Crippen molar-refractivity contribution in [2.24, 2.45) is 5.92 Å². The molecule has 17 heavy (non-hydrogen) atoms. The molecule has 0 aromatic carbocycles. The van der Waals surface area contributed by atoms with E-state index in [0.717, 1.165) is 36.0 Å². The lowest BCUT2D eigenvalue weighted by atomic mass is 9.91. The predicted molar refractivity (Wildman–Crippen MR) is 66.6 cm³/mol. The van der Waals surface area contributed by atoms with Gasteiger partial charge < -0.3 is 10.4 Å². The van der Waals surface area contributed by atoms with E-state index >= 15 is 0 Å². The van der Waals surface area contributed by atoms with Crippen molar-refractivity contribution in [2.75, 3.05) is 5.32 Å². The van der Waals surface area contributed by atoms with E-state index in [1.807, 2.05) is 0 Å². The Balaban J connectivity index is 1.82. The monoisotopic (exact) mass is 252 g/mol. The van der Waals surface area contributed by atoms with Crippen molar-refractivity contribution in [1.29, 1.82) is 0 Å². The van der Waals surface area contributed by atoms with Crippen LogP contribution in [0.1, 0.15) is 42.7 Å². The molecule has 5 heteroatoms. The standard InChI is InChI=1S/C12H16N2O2S/c1-6-5-8(6)13-12-14-10-7(11(15)16)3-2-4-9(10)17-12/h6-8H,2-5H2,1H3,(H,13,14)(H,15,16). The summed E-state index contributed by atoms with van der Waals surface area (Å²) in [6.45, 7) is 2.21. The minimum absolute atomic E-state index is 0.387. The van der Waals surface area contributed by atoms with E-state index in [1.165, 1.54) is 11.3 Å². The Morgan fingerprint density at radius 3 is 3.00 bits per heavy atom. The number of carbonyl (C=O) groups is 1. The van der Waals surface area contributed by atoms with Crippen molar-refractivity contribution >= 4 is 22.4 Å². The summed E-state index contributed by atoms with van der Waals surface area (Å²) >= 11 is 1.64. The molecule has 0 aliphatic heterocycles. The van der Waals surface area contributed by atoms with Gasteiger partial charge in [0.05, 0.1) is 5.69 Å². The lowest BCUT2D eigenvalue weighted by Crippen LogP contribution is -2.17. The van der Waals surface area contributed by atoms with E-state index in [9.17, 15) is 9.90 Å². The molecule has 3 rings (SSSR count). The molecular formula is C12H16N2O2S. The topological polar surface area (TPSA) is 62.2 Å². The zero-order chi connectivity index (χ0) is 12.0. The molecule has 0 amide bonds. The number of nitrogens with zero attached hydrogens (tertiary/aromatic N) is 1. The molecule has 0 bridgehead atoms. The van der Waals surface area contributed by atoms with Gasteiger partial charge in [-0.1, -0.05) is 6.92 Å². The highest BCUT2D eigenvalue weighted by Crippen LogP contribution is 2.39. The SMILES string of the molecule is CC1CC1Nc1nc2c(s1)CCCC2C(=O)O. The number of hydrogen-bond donors (Lipinski definition) is 2. The maximum Gasteiger partial charge on any atom is 0.312 e. The Bertz CT molecular complexity index is 457. The first-order chi connectivity index (χ1) is 8.15. The summed E-state index contributed by atoms with van der Waals surface area (Å²) in [5, 5.41) is 13.5. The van der Waals surface area contributed by atoms with Crippen LogP contribution in [0, 0.1) is 5.92 Å². The van der Waals surface area contributed by atoms with Crippen molar-refractivity contribution in [3.63, 3.8) is 0 Å². The summed E-state index contributed by atoms with van der Waals surface area (Å²) in [6, 6.07) is 0.547. The normalized spacial score (nSPS) is 30.8. The molecule has 0 spiro atoms. The third-order valence-corrected chi connectivity index (χ3v) is 4.73. The van der Waals surface area contributed by atoms with Crippen LogP contribution in [0.4, 0.5) is 5.13 Å². The zero-order valence-corrected chi connectivity index (χ0v) is 10.6. The largest absolute Gasteiger partial charge is 0.481 e. The van der Waals surface area contributed by atoms with Crippen LogP contribution in [-0.4, -0.2) is 22.1 Å². The second kappa shape index (κ2) is 3.98. The first-order valence-corrected chi connectivity index (χ1v) is 6.95. The summed E-state index contributed by atoms with van der Waals surface area (Å²) in [4.78, 5) is 16.8. The van der Waals surface area contributed by atoms with E-state index in [1.54, 1.807) is 11.3 Å². The molecule has 1 aromatic heterocycles. The van der Waals surface area contributed by atoms with Gasteiger partial charge >= 0.3 is 5.97 Å². The van der Waals surface area contributed by atoms with Crippen LogP contribution in [0.2, 0.25) is 0 Å². The van der Waals surface area contributed by atoms with Gasteiger partial charge in [-0.15, -0.1) is 11.3 Å². The highest BCUT2D eigenvalue weighted by molar-refractivity contribution is 7.15. The second-order valence-corrected chi connectivity index (χ2v) is 6.16. The number of aliphatic carboxylic acids is 1. The molecule has 2 aliphatic rings. The number of thiazole rings is 1. The van der Waals surface area contributed by atoms with E-state index < -0.39 is 5.97 Å². The summed E-state index contributed by atoms with van der Waals surface area (Å²) in [5.74, 6) is -0.393. The fraction of sp³-hybridized carbons (Fsp3) is 0.667. The number of nitrogens with one attached hydrogen (secondary N) is 1. The van der Waals surface area contributed by atoms with Gasteiger partial charge in [-0.3, -0.25) is 4.79 Å². The van der Waals surface area contributed by atoms with Crippen molar-refractivity contribution < 1.29 is 9.90 Å². The molecule has 0 radical (unpaired) electrons. The number of hydrogen-bond acceptors (Lipinski definition) is 4. The quantitative estimate of drug-likeness (QED) is 0.867. The third kappa shape index (κ3) is 2.04. The molecule has 3 unspecified atom stereocenters. The van der Waals surface area contributed by atoms with Crippen LogP contribution in [0.25, 0.3) is 0 Å². The summed E-state index contributed by atoms with van der Waals surface area (Å²) in [5.41, 5.74) is 0.810. The second-order valence-electron chi connectivity index (χ2n) is 5.07. The molecule has 1 saturated carbocycles. The lowest BCUT2D eigenvalue weighted by Gasteiger charge is -2.16. The summed E-state index contributed by atoms with van der Waals surface area (Å²) in [7, 11) is 0. The molecule has 92 valence electrons. The Hall–Kier alpha value is -1.10. The van der Waals surface area contributed by atoms with Crippen LogP contribution in [-0.2, 0) is 11.2 Å². The summed E-state index contributed by atoms with van der Waals surface area (Å²) < 4.78 is 0. The molecule has 4 nitrogen and oxygen atoms in total. The molecule has 1 fully saturated rings.